The van der Waals surface area contributed by atoms with Gasteiger partial charge in [0.05, 0.1) is 11.8 Å². The summed E-state index contributed by atoms with van der Waals surface area (Å²) in [6.07, 6.45) is 1.23. The zero-order valence-corrected chi connectivity index (χ0v) is 9.53. The molecule has 0 bridgehead atoms. The monoisotopic (exact) mass is 221 g/mol. The number of hydrogen-bond acceptors (Lipinski definition) is 3. The van der Waals surface area contributed by atoms with E-state index in [1.807, 2.05) is 13.8 Å². The molecule has 2 heterocycles. The summed E-state index contributed by atoms with van der Waals surface area (Å²) in [5.41, 5.74) is 1.11. The Morgan fingerprint density at radius 1 is 1.44 bits per heavy atom. The predicted octanol–water partition coefficient (Wildman–Crippen LogP) is 2.03. The second-order valence-electron chi connectivity index (χ2n) is 4.24. The van der Waals surface area contributed by atoms with Crippen LogP contribution in [0.5, 0.6) is 0 Å². The highest BCUT2D eigenvalue weighted by atomic mass is 16.5. The Morgan fingerprint density at radius 3 is 2.88 bits per heavy atom. The molecule has 0 saturated carbocycles. The van der Waals surface area contributed by atoms with Gasteiger partial charge in [-0.1, -0.05) is 0 Å². The van der Waals surface area contributed by atoms with Crippen LogP contribution in [0.2, 0.25) is 0 Å². The molecule has 2 rings (SSSR count). The first-order valence-electron chi connectivity index (χ1n) is 5.53. The van der Waals surface area contributed by atoms with Gasteiger partial charge in [0.25, 0.3) is 0 Å². The van der Waals surface area contributed by atoms with E-state index in [4.69, 9.17) is 4.74 Å². The maximum absolute atomic E-state index is 11.7. The molecule has 1 aromatic rings. The number of rotatable bonds is 2. The molecule has 0 atom stereocenters. The number of hydrogen-bond donors (Lipinski definition) is 0. The zero-order valence-electron chi connectivity index (χ0n) is 9.53. The van der Waals surface area contributed by atoms with E-state index in [2.05, 4.69) is 0 Å². The SMILES string of the molecule is CC(C)OC(=O)c1ccc2n1CCCC2=O. The zero-order chi connectivity index (χ0) is 11.7. The molecule has 16 heavy (non-hydrogen) atoms. The number of carbonyl (C=O) groups is 2. The van der Waals surface area contributed by atoms with Crippen LogP contribution < -0.4 is 0 Å². The second kappa shape index (κ2) is 4.12. The van der Waals surface area contributed by atoms with E-state index in [1.165, 1.54) is 0 Å². The van der Waals surface area contributed by atoms with Crippen LogP contribution in [0.4, 0.5) is 0 Å². The highest BCUT2D eigenvalue weighted by Crippen LogP contribution is 2.19. The van der Waals surface area contributed by atoms with Crippen LogP contribution in [-0.4, -0.2) is 22.4 Å². The number of fused-ring (bicyclic) bond motifs is 1. The molecular weight excluding hydrogens is 206 g/mol. The molecular formula is C12H15NO3. The predicted molar refractivity (Wildman–Crippen MR) is 58.5 cm³/mol. The Hall–Kier alpha value is -1.58. The Kier molecular flexibility index (Phi) is 2.81. The van der Waals surface area contributed by atoms with Crippen molar-refractivity contribution in [2.45, 2.75) is 39.3 Å². The molecule has 0 saturated heterocycles. The number of carbonyl (C=O) groups excluding carboxylic acids is 2. The van der Waals surface area contributed by atoms with E-state index in [0.29, 0.717) is 17.8 Å². The molecule has 1 aliphatic heterocycles. The van der Waals surface area contributed by atoms with Crippen molar-refractivity contribution in [2.75, 3.05) is 0 Å². The average molecular weight is 221 g/mol. The molecule has 0 aliphatic carbocycles. The van der Waals surface area contributed by atoms with Gasteiger partial charge < -0.3 is 9.30 Å². The van der Waals surface area contributed by atoms with Crippen molar-refractivity contribution in [3.63, 3.8) is 0 Å². The number of ether oxygens (including phenoxy) is 1. The van der Waals surface area contributed by atoms with Crippen LogP contribution in [0.3, 0.4) is 0 Å². The van der Waals surface area contributed by atoms with Gasteiger partial charge in [0.2, 0.25) is 0 Å². The fourth-order valence-electron chi connectivity index (χ4n) is 1.93. The van der Waals surface area contributed by atoms with Gasteiger partial charge in [-0.25, -0.2) is 4.79 Å². The van der Waals surface area contributed by atoms with E-state index < -0.39 is 0 Å². The smallest absolute Gasteiger partial charge is 0.355 e. The van der Waals surface area contributed by atoms with Crippen molar-refractivity contribution < 1.29 is 14.3 Å². The van der Waals surface area contributed by atoms with Crippen molar-refractivity contribution >= 4 is 11.8 Å². The van der Waals surface area contributed by atoms with E-state index in [0.717, 1.165) is 13.0 Å². The molecule has 1 aliphatic rings. The molecule has 0 spiro atoms. The minimum atomic E-state index is -0.351. The Bertz CT molecular complexity index is 431. The number of aromatic nitrogens is 1. The summed E-state index contributed by atoms with van der Waals surface area (Å²) in [6.45, 7) is 4.34. The van der Waals surface area contributed by atoms with Crippen LogP contribution in [-0.2, 0) is 11.3 Å². The summed E-state index contributed by atoms with van der Waals surface area (Å²) >= 11 is 0. The molecule has 4 heteroatoms. The lowest BCUT2D eigenvalue weighted by Gasteiger charge is -2.17. The summed E-state index contributed by atoms with van der Waals surface area (Å²) in [7, 11) is 0. The number of nitrogens with zero attached hydrogens (tertiary/aromatic N) is 1. The normalized spacial score (nSPS) is 15.1. The number of Topliss-reactive ketones (excluding diaryl/α,β-unsaturated/α-hetero) is 1. The lowest BCUT2D eigenvalue weighted by atomic mass is 10.1. The van der Waals surface area contributed by atoms with Gasteiger partial charge in [-0.05, 0) is 32.4 Å². The third-order valence-corrected chi connectivity index (χ3v) is 2.60. The molecule has 0 amide bonds. The van der Waals surface area contributed by atoms with Gasteiger partial charge in [-0.3, -0.25) is 4.79 Å². The van der Waals surface area contributed by atoms with Crippen molar-refractivity contribution in [1.82, 2.24) is 4.57 Å². The number of ketones is 1. The van der Waals surface area contributed by atoms with E-state index >= 15 is 0 Å². The highest BCUT2D eigenvalue weighted by Gasteiger charge is 2.23. The molecule has 1 aromatic heterocycles. The summed E-state index contributed by atoms with van der Waals surface area (Å²) in [4.78, 5) is 23.3. The summed E-state index contributed by atoms with van der Waals surface area (Å²) in [5.74, 6) is -0.245. The van der Waals surface area contributed by atoms with E-state index in [-0.39, 0.29) is 17.9 Å². The van der Waals surface area contributed by atoms with Crippen LogP contribution in [0.1, 0.15) is 47.7 Å². The topological polar surface area (TPSA) is 48.3 Å². The van der Waals surface area contributed by atoms with Crippen molar-refractivity contribution in [3.05, 3.63) is 23.5 Å². The summed E-state index contributed by atoms with van der Waals surface area (Å²) < 4.78 is 6.89. The van der Waals surface area contributed by atoms with Crippen LogP contribution >= 0.6 is 0 Å². The first kappa shape index (κ1) is 10.9. The fraction of sp³-hybridized carbons (Fsp3) is 0.500. The van der Waals surface area contributed by atoms with Crippen molar-refractivity contribution in [2.24, 2.45) is 0 Å². The summed E-state index contributed by atoms with van der Waals surface area (Å²) in [5, 5.41) is 0. The fourth-order valence-corrected chi connectivity index (χ4v) is 1.93. The second-order valence-corrected chi connectivity index (χ2v) is 4.24. The third-order valence-electron chi connectivity index (χ3n) is 2.60. The van der Waals surface area contributed by atoms with Gasteiger partial charge in [0.1, 0.15) is 5.69 Å². The lowest BCUT2D eigenvalue weighted by Crippen LogP contribution is -2.22. The number of esters is 1. The van der Waals surface area contributed by atoms with Crippen LogP contribution in [0.25, 0.3) is 0 Å². The molecule has 0 N–H and O–H groups in total. The minimum Gasteiger partial charge on any atom is -0.458 e. The van der Waals surface area contributed by atoms with Crippen molar-refractivity contribution in [3.8, 4) is 0 Å². The maximum atomic E-state index is 11.7. The third kappa shape index (κ3) is 1.87. The van der Waals surface area contributed by atoms with Crippen LogP contribution in [0, 0.1) is 0 Å². The maximum Gasteiger partial charge on any atom is 0.355 e. The molecule has 0 fully saturated rings. The van der Waals surface area contributed by atoms with Gasteiger partial charge in [0, 0.05) is 13.0 Å². The Labute approximate surface area is 94.2 Å². The first-order chi connectivity index (χ1) is 7.59. The van der Waals surface area contributed by atoms with Gasteiger partial charge in [0.15, 0.2) is 5.78 Å². The largest absolute Gasteiger partial charge is 0.458 e. The quantitative estimate of drug-likeness (QED) is 0.718. The lowest BCUT2D eigenvalue weighted by molar-refractivity contribution is 0.0364. The Balaban J connectivity index is 2.29. The van der Waals surface area contributed by atoms with Crippen molar-refractivity contribution in [1.29, 1.82) is 0 Å². The van der Waals surface area contributed by atoms with Crippen LogP contribution in [0.15, 0.2) is 12.1 Å². The van der Waals surface area contributed by atoms with E-state index in [1.54, 1.807) is 16.7 Å². The average Bonchev–Trinajstić information content (AvgIpc) is 2.61. The molecule has 0 aromatic carbocycles. The van der Waals surface area contributed by atoms with E-state index in [9.17, 15) is 9.59 Å². The standard InChI is InChI=1S/C12H15NO3/c1-8(2)16-12(15)10-6-5-9-11(14)4-3-7-13(9)10/h5-6,8H,3-4,7H2,1-2H3. The molecule has 86 valence electrons. The molecule has 4 nitrogen and oxygen atoms in total. The van der Waals surface area contributed by atoms with Gasteiger partial charge >= 0.3 is 5.97 Å². The highest BCUT2D eigenvalue weighted by molar-refractivity contribution is 5.98. The van der Waals surface area contributed by atoms with Gasteiger partial charge in [-0.2, -0.15) is 0 Å². The molecule has 0 radical (unpaired) electrons. The first-order valence-corrected chi connectivity index (χ1v) is 5.53. The van der Waals surface area contributed by atoms with Gasteiger partial charge in [-0.15, -0.1) is 0 Å². The Morgan fingerprint density at radius 2 is 2.19 bits per heavy atom. The summed E-state index contributed by atoms with van der Waals surface area (Å²) in [6, 6.07) is 3.38. The minimum absolute atomic E-state index is 0.106. The molecule has 0 unspecified atom stereocenters.